The first-order valence-corrected chi connectivity index (χ1v) is 2.70. The van der Waals surface area contributed by atoms with Crippen molar-refractivity contribution in [3.8, 4) is 0 Å². The highest BCUT2D eigenvalue weighted by atomic mass is 16.4. The van der Waals surface area contributed by atoms with Crippen molar-refractivity contribution in [2.45, 2.75) is 0 Å². The van der Waals surface area contributed by atoms with Crippen LogP contribution in [0.4, 0.5) is 5.69 Å². The molecule has 0 saturated carbocycles. The molecule has 0 unspecified atom stereocenters. The smallest absolute Gasteiger partial charge is 0.337 e. The van der Waals surface area contributed by atoms with Gasteiger partial charge in [-0.05, 0) is 18.2 Å². The van der Waals surface area contributed by atoms with E-state index in [-0.39, 0.29) is 11.3 Å². The Bertz CT molecular complexity index is 258. The largest absolute Gasteiger partial charge is 0.478 e. The zero-order valence-corrected chi connectivity index (χ0v) is 5.16. The van der Waals surface area contributed by atoms with E-state index in [2.05, 4.69) is 6.07 Å². The number of rotatable bonds is 1. The van der Waals surface area contributed by atoms with E-state index in [0.717, 1.165) is 0 Å². The summed E-state index contributed by atoms with van der Waals surface area (Å²) in [5.41, 5.74) is 5.68. The number of hydrogen-bond acceptors (Lipinski definition) is 2. The lowest BCUT2D eigenvalue weighted by Gasteiger charge is -1.96. The first-order valence-electron chi connectivity index (χ1n) is 2.70. The molecule has 0 bridgehead atoms. The van der Waals surface area contributed by atoms with Crippen LogP contribution in [-0.4, -0.2) is 11.1 Å². The van der Waals surface area contributed by atoms with Crippen molar-refractivity contribution in [1.82, 2.24) is 0 Å². The van der Waals surface area contributed by atoms with E-state index in [4.69, 9.17) is 10.8 Å². The SMILES string of the molecule is Nc1c[c]ccc1C(=O)O. The molecule has 0 atom stereocenters. The molecule has 1 aromatic carbocycles. The molecule has 0 aliphatic carbocycles. The van der Waals surface area contributed by atoms with Gasteiger partial charge < -0.3 is 10.8 Å². The first kappa shape index (κ1) is 6.61. The fourth-order valence-electron chi connectivity index (χ4n) is 0.638. The van der Waals surface area contributed by atoms with Crippen molar-refractivity contribution in [3.63, 3.8) is 0 Å². The van der Waals surface area contributed by atoms with Crippen molar-refractivity contribution in [2.75, 3.05) is 5.73 Å². The molecule has 0 heterocycles. The van der Waals surface area contributed by atoms with Crippen LogP contribution < -0.4 is 5.73 Å². The van der Waals surface area contributed by atoms with Gasteiger partial charge in [-0.3, -0.25) is 0 Å². The zero-order valence-electron chi connectivity index (χ0n) is 5.16. The van der Waals surface area contributed by atoms with Crippen LogP contribution in [0.15, 0.2) is 18.2 Å². The van der Waals surface area contributed by atoms with E-state index in [9.17, 15) is 4.79 Å². The lowest BCUT2D eigenvalue weighted by molar-refractivity contribution is 0.0698. The Morgan fingerprint density at radius 1 is 1.70 bits per heavy atom. The summed E-state index contributed by atoms with van der Waals surface area (Å²) in [6.45, 7) is 0. The number of carboxylic acid groups (broad SMARTS) is 1. The highest BCUT2D eigenvalue weighted by molar-refractivity contribution is 5.93. The summed E-state index contributed by atoms with van der Waals surface area (Å²) in [4.78, 5) is 10.3. The number of aromatic carboxylic acids is 1. The van der Waals surface area contributed by atoms with Crippen LogP contribution in [0.5, 0.6) is 0 Å². The molecule has 1 rings (SSSR count). The predicted molar refractivity (Wildman–Crippen MR) is 36.6 cm³/mol. The van der Waals surface area contributed by atoms with Gasteiger partial charge in [-0.2, -0.15) is 0 Å². The number of carboxylic acids is 1. The maximum atomic E-state index is 10.3. The third-order valence-corrected chi connectivity index (χ3v) is 1.13. The van der Waals surface area contributed by atoms with Gasteiger partial charge in [-0.1, -0.05) is 6.07 Å². The van der Waals surface area contributed by atoms with Gasteiger partial charge in [0.1, 0.15) is 0 Å². The molecule has 1 aromatic rings. The number of nitrogens with two attached hydrogens (primary N) is 1. The molecule has 0 fully saturated rings. The van der Waals surface area contributed by atoms with Gasteiger partial charge in [0.05, 0.1) is 5.56 Å². The van der Waals surface area contributed by atoms with Crippen LogP contribution in [0, 0.1) is 6.07 Å². The fourth-order valence-corrected chi connectivity index (χ4v) is 0.638. The van der Waals surface area contributed by atoms with Gasteiger partial charge in [0.2, 0.25) is 0 Å². The summed E-state index contributed by atoms with van der Waals surface area (Å²) >= 11 is 0. The minimum absolute atomic E-state index is 0.124. The summed E-state index contributed by atoms with van der Waals surface area (Å²) in [6, 6.07) is 7.03. The maximum Gasteiger partial charge on any atom is 0.337 e. The molecule has 0 aliphatic rings. The molecule has 0 spiro atoms. The second-order valence-corrected chi connectivity index (χ2v) is 1.82. The quantitative estimate of drug-likeness (QED) is 0.560. The van der Waals surface area contributed by atoms with Gasteiger partial charge in [0, 0.05) is 5.69 Å². The van der Waals surface area contributed by atoms with E-state index in [1.165, 1.54) is 18.2 Å². The van der Waals surface area contributed by atoms with Gasteiger partial charge in [0.25, 0.3) is 0 Å². The molecule has 0 saturated heterocycles. The summed E-state index contributed by atoms with van der Waals surface area (Å²) < 4.78 is 0. The number of anilines is 1. The summed E-state index contributed by atoms with van der Waals surface area (Å²) in [5.74, 6) is -1.01. The Hall–Kier alpha value is -1.51. The highest BCUT2D eigenvalue weighted by Crippen LogP contribution is 2.08. The molecule has 3 N–H and O–H groups in total. The van der Waals surface area contributed by atoms with Gasteiger partial charge in [-0.25, -0.2) is 4.79 Å². The first-order chi connectivity index (χ1) is 4.72. The van der Waals surface area contributed by atoms with Crippen LogP contribution in [0.1, 0.15) is 10.4 Å². The number of nitrogen functional groups attached to an aromatic ring is 1. The van der Waals surface area contributed by atoms with E-state index in [1.54, 1.807) is 0 Å². The van der Waals surface area contributed by atoms with Crippen LogP contribution in [0.3, 0.4) is 0 Å². The average Bonchev–Trinajstić information content (AvgIpc) is 1.88. The summed E-state index contributed by atoms with van der Waals surface area (Å²) in [7, 11) is 0. The minimum atomic E-state index is -1.01. The molecule has 0 aliphatic heterocycles. The van der Waals surface area contributed by atoms with Crippen molar-refractivity contribution in [1.29, 1.82) is 0 Å². The van der Waals surface area contributed by atoms with Crippen LogP contribution in [0.25, 0.3) is 0 Å². The second-order valence-electron chi connectivity index (χ2n) is 1.82. The monoisotopic (exact) mass is 136 g/mol. The normalized spacial score (nSPS) is 9.20. The molecule has 51 valence electrons. The molecule has 3 nitrogen and oxygen atoms in total. The Morgan fingerprint density at radius 3 is 2.80 bits per heavy atom. The lowest BCUT2D eigenvalue weighted by Crippen LogP contribution is -2.00. The fraction of sp³-hybridized carbons (Fsp3) is 0. The Kier molecular flexibility index (Phi) is 1.58. The van der Waals surface area contributed by atoms with Crippen molar-refractivity contribution in [3.05, 3.63) is 29.8 Å². The van der Waals surface area contributed by atoms with E-state index in [1.807, 2.05) is 0 Å². The number of benzene rings is 1. The summed E-state index contributed by atoms with van der Waals surface area (Å²) in [6.07, 6.45) is 0. The zero-order chi connectivity index (χ0) is 7.56. The molecular formula is C7H6NO2. The van der Waals surface area contributed by atoms with Crippen molar-refractivity contribution >= 4 is 11.7 Å². The van der Waals surface area contributed by atoms with Crippen LogP contribution in [-0.2, 0) is 0 Å². The van der Waals surface area contributed by atoms with Crippen LogP contribution in [0.2, 0.25) is 0 Å². The number of hydrogen-bond donors (Lipinski definition) is 2. The van der Waals surface area contributed by atoms with Crippen molar-refractivity contribution < 1.29 is 9.90 Å². The third-order valence-electron chi connectivity index (χ3n) is 1.13. The second kappa shape index (κ2) is 2.39. The maximum absolute atomic E-state index is 10.3. The average molecular weight is 136 g/mol. The topological polar surface area (TPSA) is 63.3 Å². The third kappa shape index (κ3) is 1.07. The van der Waals surface area contributed by atoms with Gasteiger partial charge >= 0.3 is 5.97 Å². The van der Waals surface area contributed by atoms with Crippen molar-refractivity contribution in [2.24, 2.45) is 0 Å². The molecular weight excluding hydrogens is 130 g/mol. The minimum Gasteiger partial charge on any atom is -0.478 e. The molecule has 10 heavy (non-hydrogen) atoms. The van der Waals surface area contributed by atoms with E-state index in [0.29, 0.717) is 0 Å². The number of carbonyl (C=O) groups is 1. The lowest BCUT2D eigenvalue weighted by atomic mass is 10.2. The van der Waals surface area contributed by atoms with Gasteiger partial charge in [-0.15, -0.1) is 0 Å². The standard InChI is InChI=1S/C7H6NO2/c8-6-4-2-1-3-5(6)7(9)10/h1,3-4H,8H2,(H,9,10). The summed E-state index contributed by atoms with van der Waals surface area (Å²) in [5, 5.41) is 8.47. The molecule has 3 heteroatoms. The molecule has 1 radical (unpaired) electrons. The van der Waals surface area contributed by atoms with Gasteiger partial charge in [0.15, 0.2) is 0 Å². The molecule has 0 amide bonds. The van der Waals surface area contributed by atoms with Crippen LogP contribution >= 0.6 is 0 Å². The Labute approximate surface area is 58.1 Å². The Morgan fingerprint density at radius 2 is 2.40 bits per heavy atom. The Balaban J connectivity index is 3.15. The van der Waals surface area contributed by atoms with E-state index >= 15 is 0 Å². The molecule has 0 aromatic heterocycles. The predicted octanol–water partition coefficient (Wildman–Crippen LogP) is 0.767. The van der Waals surface area contributed by atoms with E-state index < -0.39 is 5.97 Å². The highest BCUT2D eigenvalue weighted by Gasteiger charge is 2.03.